The summed E-state index contributed by atoms with van der Waals surface area (Å²) in [6, 6.07) is 0. The van der Waals surface area contributed by atoms with E-state index < -0.39 is 0 Å². The van der Waals surface area contributed by atoms with Gasteiger partial charge in [0.1, 0.15) is 0 Å². The summed E-state index contributed by atoms with van der Waals surface area (Å²) in [6.45, 7) is 4.84. The highest BCUT2D eigenvalue weighted by Crippen LogP contribution is 3.05. The molecule has 4 aliphatic carbocycles. The van der Waals surface area contributed by atoms with Gasteiger partial charge in [-0.25, -0.2) is 0 Å². The molecule has 0 nitrogen and oxygen atoms in total. The van der Waals surface area contributed by atoms with Crippen LogP contribution in [0.15, 0.2) is 0 Å². The van der Waals surface area contributed by atoms with Crippen molar-refractivity contribution in [2.24, 2.45) is 22.7 Å². The van der Waals surface area contributed by atoms with E-state index in [4.69, 9.17) is 0 Å². The Kier molecular flexibility index (Phi) is 0.309. The van der Waals surface area contributed by atoms with Crippen LogP contribution in [-0.2, 0) is 0 Å². The van der Waals surface area contributed by atoms with Gasteiger partial charge < -0.3 is 0 Å². The summed E-state index contributed by atoms with van der Waals surface area (Å²) in [5, 5.41) is 0. The highest BCUT2D eigenvalue weighted by Gasteiger charge is 3.00. The molecule has 0 radical (unpaired) electrons. The molecule has 0 aromatic carbocycles. The third kappa shape index (κ3) is 0.122. The number of hydrogen-bond acceptors (Lipinski definition) is 0. The van der Waals surface area contributed by atoms with E-state index in [0.29, 0.717) is 0 Å². The second-order valence-electron chi connectivity index (χ2n) is 4.08. The molecule has 8 heavy (non-hydrogen) atoms. The maximum atomic E-state index is 2.48. The van der Waals surface area contributed by atoms with Crippen LogP contribution in [0.5, 0.6) is 0 Å². The minimum Gasteiger partial charge on any atom is -0.0648 e. The molecule has 0 heteroatoms. The quantitative estimate of drug-likeness (QED) is 0.482. The summed E-state index contributed by atoms with van der Waals surface area (Å²) in [4.78, 5) is 0. The van der Waals surface area contributed by atoms with Crippen LogP contribution in [0, 0.1) is 22.7 Å². The van der Waals surface area contributed by atoms with Crippen LogP contribution in [0.1, 0.15) is 26.7 Å². The Hall–Kier alpha value is 0. The van der Waals surface area contributed by atoms with Gasteiger partial charge in [0.05, 0.1) is 0 Å². The Bertz CT molecular complexity index is 169. The third-order valence-corrected chi connectivity index (χ3v) is 4.51. The molecule has 4 rings (SSSR count). The molecule has 0 amide bonds. The summed E-state index contributed by atoms with van der Waals surface area (Å²) in [6.07, 6.45) is 3.05. The maximum Gasteiger partial charge on any atom is -0.0198 e. The van der Waals surface area contributed by atoms with Crippen LogP contribution in [0.3, 0.4) is 0 Å². The second kappa shape index (κ2) is 0.630. The molecule has 0 aliphatic heterocycles. The zero-order chi connectivity index (χ0) is 5.57. The Morgan fingerprint density at radius 1 is 1.62 bits per heavy atom. The fourth-order valence-corrected chi connectivity index (χ4v) is 3.62. The second-order valence-corrected chi connectivity index (χ2v) is 4.08. The first kappa shape index (κ1) is 3.92. The molecule has 0 aromatic rings. The predicted molar refractivity (Wildman–Crippen MR) is 32.4 cm³/mol. The van der Waals surface area contributed by atoms with E-state index in [-0.39, 0.29) is 0 Å². The molecule has 0 N–H and O–H groups in total. The molecule has 0 aromatic heterocycles. The van der Waals surface area contributed by atoms with Crippen LogP contribution in [0.2, 0.25) is 0 Å². The van der Waals surface area contributed by atoms with E-state index in [1.54, 1.807) is 6.42 Å². The van der Waals surface area contributed by atoms with Crippen molar-refractivity contribution in [1.82, 2.24) is 0 Å². The van der Waals surface area contributed by atoms with Crippen LogP contribution < -0.4 is 0 Å². The highest BCUT2D eigenvalue weighted by molar-refractivity contribution is 5.47. The average Bonchev–Trinajstić information content (AvgIpc) is 2.23. The number of hydrogen-bond donors (Lipinski definition) is 0. The molecule has 4 saturated carbocycles. The van der Waals surface area contributed by atoms with E-state index in [1.807, 2.05) is 0 Å². The van der Waals surface area contributed by atoms with E-state index >= 15 is 0 Å². The molecule has 4 atom stereocenters. The van der Waals surface area contributed by atoms with E-state index in [1.165, 1.54) is 18.3 Å². The van der Waals surface area contributed by atoms with Crippen LogP contribution in [0.25, 0.3) is 0 Å². The fourth-order valence-electron chi connectivity index (χ4n) is 3.62. The molecule has 0 saturated heterocycles. The van der Waals surface area contributed by atoms with Gasteiger partial charge in [0.25, 0.3) is 0 Å². The zero-order valence-electron chi connectivity index (χ0n) is 5.57. The van der Waals surface area contributed by atoms with Gasteiger partial charge in [0.15, 0.2) is 0 Å². The van der Waals surface area contributed by atoms with Crippen molar-refractivity contribution >= 4 is 0 Å². The van der Waals surface area contributed by atoms with Gasteiger partial charge >= 0.3 is 0 Å². The lowest BCUT2D eigenvalue weighted by Crippen LogP contribution is -2.35. The van der Waals surface area contributed by atoms with Crippen molar-refractivity contribution in [3.63, 3.8) is 0 Å². The fraction of sp³-hybridized carbons (Fsp3) is 1.00. The smallest absolute Gasteiger partial charge is 0.0198 e. The van der Waals surface area contributed by atoms with Crippen molar-refractivity contribution in [3.8, 4) is 0 Å². The molecule has 0 heterocycles. The molecule has 4 aliphatic rings. The lowest BCUT2D eigenvalue weighted by Gasteiger charge is -2.42. The first-order valence-corrected chi connectivity index (χ1v) is 3.77. The Morgan fingerprint density at radius 2 is 2.25 bits per heavy atom. The minimum atomic E-state index is 0.918. The minimum absolute atomic E-state index is 0.918. The van der Waals surface area contributed by atoms with Gasteiger partial charge in [0, 0.05) is 0 Å². The van der Waals surface area contributed by atoms with Crippen molar-refractivity contribution < 1.29 is 0 Å². The summed E-state index contributed by atoms with van der Waals surface area (Å²) >= 11 is 0. The predicted octanol–water partition coefficient (Wildman–Crippen LogP) is 2.05. The zero-order valence-corrected chi connectivity index (χ0v) is 5.57. The van der Waals surface area contributed by atoms with Crippen LogP contribution in [0.4, 0.5) is 0 Å². The van der Waals surface area contributed by atoms with Crippen molar-refractivity contribution in [1.29, 1.82) is 0 Å². The molecular weight excluding hydrogens is 96.1 g/mol. The van der Waals surface area contributed by atoms with E-state index in [9.17, 15) is 0 Å². The lowest BCUT2D eigenvalue weighted by molar-refractivity contribution is 0.0630. The van der Waals surface area contributed by atoms with Gasteiger partial charge in [-0.05, 0) is 35.5 Å². The summed E-state index contributed by atoms with van der Waals surface area (Å²) in [5.41, 5.74) is 1.85. The largest absolute Gasteiger partial charge is 0.0648 e. The molecule has 2 bridgehead atoms. The molecule has 4 fully saturated rings. The van der Waals surface area contributed by atoms with Gasteiger partial charge in [-0.3, -0.25) is 0 Å². The van der Waals surface area contributed by atoms with E-state index in [0.717, 1.165) is 10.8 Å². The molecule has 4 unspecified atom stereocenters. The van der Waals surface area contributed by atoms with E-state index in [2.05, 4.69) is 13.8 Å². The van der Waals surface area contributed by atoms with Crippen LogP contribution >= 0.6 is 0 Å². The molecular formula is C8H12. The van der Waals surface area contributed by atoms with Gasteiger partial charge in [-0.1, -0.05) is 13.8 Å². The monoisotopic (exact) mass is 108 g/mol. The van der Waals surface area contributed by atoms with Gasteiger partial charge in [-0.2, -0.15) is 0 Å². The maximum absolute atomic E-state index is 2.48. The summed E-state index contributed by atoms with van der Waals surface area (Å²) in [5.74, 6) is 2.43. The summed E-state index contributed by atoms with van der Waals surface area (Å²) < 4.78 is 0. The van der Waals surface area contributed by atoms with Crippen molar-refractivity contribution in [2.75, 3.05) is 0 Å². The Labute approximate surface area is 50.3 Å². The Balaban J connectivity index is 2.01. The van der Waals surface area contributed by atoms with Crippen molar-refractivity contribution in [2.45, 2.75) is 26.7 Å². The SMILES string of the molecule is CCC12CC3C1C32C. The first-order chi connectivity index (χ1) is 3.77. The first-order valence-electron chi connectivity index (χ1n) is 3.77. The van der Waals surface area contributed by atoms with Crippen LogP contribution in [-0.4, -0.2) is 0 Å². The normalized spacial score (nSPS) is 80.2. The molecule has 44 valence electrons. The Morgan fingerprint density at radius 3 is 2.25 bits per heavy atom. The number of rotatable bonds is 1. The average molecular weight is 108 g/mol. The molecule has 0 spiro atoms. The summed E-state index contributed by atoms with van der Waals surface area (Å²) in [7, 11) is 0. The van der Waals surface area contributed by atoms with Gasteiger partial charge in [-0.15, -0.1) is 0 Å². The topological polar surface area (TPSA) is 0 Å². The van der Waals surface area contributed by atoms with Gasteiger partial charge in [0.2, 0.25) is 0 Å². The highest BCUT2D eigenvalue weighted by atomic mass is 15.0. The lowest BCUT2D eigenvalue weighted by atomic mass is 9.62. The third-order valence-electron chi connectivity index (χ3n) is 4.51. The van der Waals surface area contributed by atoms with Crippen molar-refractivity contribution in [3.05, 3.63) is 0 Å². The standard InChI is InChI=1S/C8H12/c1-3-8-4-5-6(8)7(5,8)2/h5-6H,3-4H2,1-2H3.